The summed E-state index contributed by atoms with van der Waals surface area (Å²) in [6, 6.07) is 0.00750. The van der Waals surface area contributed by atoms with Crippen molar-refractivity contribution in [2.45, 2.75) is 57.5 Å². The van der Waals surface area contributed by atoms with Crippen LogP contribution in [-0.2, 0) is 4.79 Å². The molecule has 1 atom stereocenters. The minimum atomic E-state index is 0.00750. The van der Waals surface area contributed by atoms with Crippen molar-refractivity contribution in [1.82, 2.24) is 5.32 Å². The standard InChI is InChI=1S/C10H19NO/c1-9(8-12)11-10(2)6-4-3-5-7-10/h8-9,11H,3-7H2,1-2H3. The number of hydrogen-bond donors (Lipinski definition) is 1. The third kappa shape index (κ3) is 2.59. The number of carbonyl (C=O) groups is 1. The lowest BCUT2D eigenvalue weighted by atomic mass is 9.83. The number of aldehydes is 1. The van der Waals surface area contributed by atoms with Crippen molar-refractivity contribution in [3.63, 3.8) is 0 Å². The molecule has 1 unspecified atom stereocenters. The van der Waals surface area contributed by atoms with Gasteiger partial charge in [-0.3, -0.25) is 0 Å². The van der Waals surface area contributed by atoms with Crippen LogP contribution < -0.4 is 5.32 Å². The van der Waals surface area contributed by atoms with Crippen LogP contribution in [0.15, 0.2) is 0 Å². The van der Waals surface area contributed by atoms with Gasteiger partial charge in [0.15, 0.2) is 0 Å². The summed E-state index contributed by atoms with van der Waals surface area (Å²) in [6.45, 7) is 4.15. The van der Waals surface area contributed by atoms with Crippen LogP contribution in [-0.4, -0.2) is 17.9 Å². The van der Waals surface area contributed by atoms with Crippen LogP contribution in [0.4, 0.5) is 0 Å². The Morgan fingerprint density at radius 3 is 2.42 bits per heavy atom. The highest BCUT2D eigenvalue weighted by molar-refractivity contribution is 5.56. The molecule has 0 aromatic heterocycles. The minimum absolute atomic E-state index is 0.00750. The molecule has 0 saturated heterocycles. The molecule has 1 aliphatic rings. The van der Waals surface area contributed by atoms with E-state index >= 15 is 0 Å². The van der Waals surface area contributed by atoms with Gasteiger partial charge in [-0.15, -0.1) is 0 Å². The summed E-state index contributed by atoms with van der Waals surface area (Å²) in [6.07, 6.45) is 7.37. The fourth-order valence-electron chi connectivity index (χ4n) is 2.06. The predicted octanol–water partition coefficient (Wildman–Crippen LogP) is 1.89. The maximum absolute atomic E-state index is 10.5. The molecule has 0 aliphatic heterocycles. The van der Waals surface area contributed by atoms with Gasteiger partial charge in [0.25, 0.3) is 0 Å². The van der Waals surface area contributed by atoms with E-state index in [1.54, 1.807) is 0 Å². The SMILES string of the molecule is CC(C=O)NC1(C)CCCCC1. The average Bonchev–Trinajstić information content (AvgIpc) is 2.05. The Kier molecular flexibility index (Phi) is 3.27. The van der Waals surface area contributed by atoms with Gasteiger partial charge in [-0.1, -0.05) is 19.3 Å². The Bertz CT molecular complexity index is 150. The molecule has 1 aliphatic carbocycles. The van der Waals surface area contributed by atoms with Gasteiger partial charge < -0.3 is 10.1 Å². The molecule has 1 N–H and O–H groups in total. The molecule has 0 aromatic rings. The van der Waals surface area contributed by atoms with Crippen molar-refractivity contribution in [1.29, 1.82) is 0 Å². The smallest absolute Gasteiger partial charge is 0.136 e. The molecule has 70 valence electrons. The highest BCUT2D eigenvalue weighted by atomic mass is 16.1. The normalized spacial score (nSPS) is 24.8. The van der Waals surface area contributed by atoms with Gasteiger partial charge in [-0.25, -0.2) is 0 Å². The largest absolute Gasteiger partial charge is 0.303 e. The van der Waals surface area contributed by atoms with Crippen molar-refractivity contribution >= 4 is 6.29 Å². The first-order valence-electron chi connectivity index (χ1n) is 4.89. The van der Waals surface area contributed by atoms with Crippen LogP contribution in [0.5, 0.6) is 0 Å². The van der Waals surface area contributed by atoms with Crippen molar-refractivity contribution in [3.05, 3.63) is 0 Å². The van der Waals surface area contributed by atoms with Crippen molar-refractivity contribution in [3.8, 4) is 0 Å². The monoisotopic (exact) mass is 169 g/mol. The number of carbonyl (C=O) groups excluding carboxylic acids is 1. The Labute approximate surface area is 74.7 Å². The molecule has 0 heterocycles. The third-order valence-electron chi connectivity index (χ3n) is 2.74. The van der Waals surface area contributed by atoms with Gasteiger partial charge in [-0.05, 0) is 26.7 Å². The average molecular weight is 169 g/mol. The lowest BCUT2D eigenvalue weighted by molar-refractivity contribution is -0.109. The summed E-state index contributed by atoms with van der Waals surface area (Å²) in [5.41, 5.74) is 0.221. The van der Waals surface area contributed by atoms with E-state index < -0.39 is 0 Å². The molecule has 0 spiro atoms. The molecular weight excluding hydrogens is 150 g/mol. The number of rotatable bonds is 3. The fourth-order valence-corrected chi connectivity index (χ4v) is 2.06. The van der Waals surface area contributed by atoms with E-state index in [9.17, 15) is 4.79 Å². The third-order valence-corrected chi connectivity index (χ3v) is 2.74. The van der Waals surface area contributed by atoms with Gasteiger partial charge in [-0.2, -0.15) is 0 Å². The van der Waals surface area contributed by atoms with Crippen molar-refractivity contribution in [2.75, 3.05) is 0 Å². The quantitative estimate of drug-likeness (QED) is 0.654. The summed E-state index contributed by atoms with van der Waals surface area (Å²) in [5.74, 6) is 0. The Balaban J connectivity index is 2.40. The van der Waals surface area contributed by atoms with Gasteiger partial charge >= 0.3 is 0 Å². The first-order chi connectivity index (χ1) is 5.66. The van der Waals surface area contributed by atoms with E-state index in [1.165, 1.54) is 32.1 Å². The molecular formula is C10H19NO. The highest BCUT2D eigenvalue weighted by Gasteiger charge is 2.27. The Morgan fingerprint density at radius 2 is 1.92 bits per heavy atom. The summed E-state index contributed by atoms with van der Waals surface area (Å²) < 4.78 is 0. The zero-order chi connectivity index (χ0) is 9.03. The maximum atomic E-state index is 10.5. The number of hydrogen-bond acceptors (Lipinski definition) is 2. The first-order valence-corrected chi connectivity index (χ1v) is 4.89. The second-order valence-corrected chi connectivity index (χ2v) is 4.19. The molecule has 0 amide bonds. The highest BCUT2D eigenvalue weighted by Crippen LogP contribution is 2.27. The molecule has 1 saturated carbocycles. The molecule has 0 aromatic carbocycles. The zero-order valence-corrected chi connectivity index (χ0v) is 8.10. The second-order valence-electron chi connectivity index (χ2n) is 4.19. The van der Waals surface area contributed by atoms with Crippen LogP contribution in [0.2, 0.25) is 0 Å². The number of nitrogens with one attached hydrogen (secondary N) is 1. The van der Waals surface area contributed by atoms with Crippen LogP contribution in [0.3, 0.4) is 0 Å². The van der Waals surface area contributed by atoms with Crippen LogP contribution in [0, 0.1) is 0 Å². The minimum Gasteiger partial charge on any atom is -0.303 e. The molecule has 0 bridgehead atoms. The van der Waals surface area contributed by atoms with Crippen LogP contribution in [0.1, 0.15) is 46.0 Å². The first kappa shape index (κ1) is 9.72. The second kappa shape index (κ2) is 4.04. The summed E-state index contributed by atoms with van der Waals surface area (Å²) in [7, 11) is 0. The Hall–Kier alpha value is -0.370. The van der Waals surface area contributed by atoms with Gasteiger partial charge in [0.2, 0.25) is 0 Å². The molecule has 12 heavy (non-hydrogen) atoms. The molecule has 2 heteroatoms. The van der Waals surface area contributed by atoms with Crippen molar-refractivity contribution in [2.24, 2.45) is 0 Å². The lowest BCUT2D eigenvalue weighted by Gasteiger charge is -2.36. The van der Waals surface area contributed by atoms with E-state index in [-0.39, 0.29) is 11.6 Å². The van der Waals surface area contributed by atoms with Gasteiger partial charge in [0.1, 0.15) is 6.29 Å². The molecule has 1 rings (SSSR count). The van der Waals surface area contributed by atoms with E-state index in [0.29, 0.717) is 0 Å². The van der Waals surface area contributed by atoms with E-state index in [4.69, 9.17) is 0 Å². The fraction of sp³-hybridized carbons (Fsp3) is 0.900. The summed E-state index contributed by atoms with van der Waals surface area (Å²) in [5, 5.41) is 3.38. The van der Waals surface area contributed by atoms with Gasteiger partial charge in [0.05, 0.1) is 6.04 Å². The van der Waals surface area contributed by atoms with E-state index in [0.717, 1.165) is 6.29 Å². The molecule has 0 radical (unpaired) electrons. The molecule has 2 nitrogen and oxygen atoms in total. The Morgan fingerprint density at radius 1 is 1.33 bits per heavy atom. The maximum Gasteiger partial charge on any atom is 0.136 e. The van der Waals surface area contributed by atoms with Gasteiger partial charge in [0, 0.05) is 5.54 Å². The van der Waals surface area contributed by atoms with E-state index in [1.807, 2.05) is 6.92 Å². The summed E-state index contributed by atoms with van der Waals surface area (Å²) in [4.78, 5) is 10.5. The lowest BCUT2D eigenvalue weighted by Crippen LogP contribution is -2.48. The van der Waals surface area contributed by atoms with Crippen LogP contribution in [0.25, 0.3) is 0 Å². The molecule has 1 fully saturated rings. The van der Waals surface area contributed by atoms with Crippen molar-refractivity contribution < 1.29 is 4.79 Å². The topological polar surface area (TPSA) is 29.1 Å². The zero-order valence-electron chi connectivity index (χ0n) is 8.10. The summed E-state index contributed by atoms with van der Waals surface area (Å²) >= 11 is 0. The van der Waals surface area contributed by atoms with E-state index in [2.05, 4.69) is 12.2 Å². The predicted molar refractivity (Wildman–Crippen MR) is 50.2 cm³/mol. The van der Waals surface area contributed by atoms with Crippen LogP contribution >= 0.6 is 0 Å².